The van der Waals surface area contributed by atoms with Gasteiger partial charge in [0.15, 0.2) is 0 Å². The number of benzene rings is 1. The monoisotopic (exact) mass is 312 g/mol. The number of aromatic nitrogens is 2. The molecule has 0 aliphatic heterocycles. The molecule has 2 aromatic rings. The van der Waals surface area contributed by atoms with Crippen LogP contribution in [0.25, 0.3) is 0 Å². The lowest BCUT2D eigenvalue weighted by atomic mass is 10.2. The number of sulfonamides is 1. The van der Waals surface area contributed by atoms with Crippen molar-refractivity contribution in [3.63, 3.8) is 0 Å². The summed E-state index contributed by atoms with van der Waals surface area (Å²) in [6, 6.07) is 4.60. The van der Waals surface area contributed by atoms with Crippen LogP contribution in [0.5, 0.6) is 0 Å². The molecule has 0 saturated heterocycles. The van der Waals surface area contributed by atoms with Crippen LogP contribution in [0.3, 0.4) is 0 Å². The van der Waals surface area contributed by atoms with Gasteiger partial charge in [0.2, 0.25) is 0 Å². The van der Waals surface area contributed by atoms with Crippen LogP contribution in [0.1, 0.15) is 5.56 Å². The third-order valence-corrected chi connectivity index (χ3v) is 4.25. The molecule has 20 heavy (non-hydrogen) atoms. The molecule has 2 rings (SSSR count). The molecule has 0 unspecified atom stereocenters. The smallest absolute Gasteiger partial charge is 0.262 e. The second kappa shape index (κ2) is 6.17. The van der Waals surface area contributed by atoms with Crippen molar-refractivity contribution in [1.29, 1.82) is 0 Å². The highest BCUT2D eigenvalue weighted by Gasteiger charge is 2.16. The molecule has 0 atom stereocenters. The van der Waals surface area contributed by atoms with E-state index in [9.17, 15) is 8.42 Å². The van der Waals surface area contributed by atoms with E-state index in [1.165, 1.54) is 30.9 Å². The molecule has 1 aromatic heterocycles. The zero-order chi connectivity index (χ0) is 14.6. The molecule has 0 aliphatic rings. The number of rotatable bonds is 5. The zero-order valence-corrected chi connectivity index (χ0v) is 12.2. The van der Waals surface area contributed by atoms with E-state index in [1.807, 2.05) is 0 Å². The fraction of sp³-hybridized carbons (Fsp3) is 0.167. The second-order valence-electron chi connectivity index (χ2n) is 4.02. The van der Waals surface area contributed by atoms with Crippen molar-refractivity contribution in [2.75, 3.05) is 11.8 Å². The van der Waals surface area contributed by atoms with Gasteiger partial charge in [-0.3, -0.25) is 4.72 Å². The van der Waals surface area contributed by atoms with Crippen LogP contribution < -0.4 is 10.0 Å². The third-order valence-electron chi connectivity index (χ3n) is 2.51. The summed E-state index contributed by atoms with van der Waals surface area (Å²) in [5.41, 5.74) is 1.12. The Bertz CT molecular complexity index is 692. The topological polar surface area (TPSA) is 84.0 Å². The van der Waals surface area contributed by atoms with Crippen molar-refractivity contribution in [2.24, 2.45) is 0 Å². The molecule has 0 spiro atoms. The van der Waals surface area contributed by atoms with Gasteiger partial charge in [-0.25, -0.2) is 18.4 Å². The van der Waals surface area contributed by atoms with Crippen LogP contribution in [0.15, 0.2) is 41.8 Å². The van der Waals surface area contributed by atoms with Crippen molar-refractivity contribution >= 4 is 27.3 Å². The van der Waals surface area contributed by atoms with Gasteiger partial charge in [-0.05, 0) is 24.7 Å². The van der Waals surface area contributed by atoms with E-state index in [-0.39, 0.29) is 4.90 Å². The van der Waals surface area contributed by atoms with Crippen molar-refractivity contribution in [2.45, 2.75) is 11.4 Å². The minimum Gasteiger partial charge on any atom is -0.316 e. The Morgan fingerprint density at radius 2 is 1.95 bits per heavy atom. The van der Waals surface area contributed by atoms with Gasteiger partial charge in [-0.15, -0.1) is 0 Å². The molecule has 8 heteroatoms. The number of anilines is 1. The molecule has 0 bridgehead atoms. The Morgan fingerprint density at radius 1 is 1.25 bits per heavy atom. The fourth-order valence-corrected chi connectivity index (χ4v) is 2.96. The average molecular weight is 313 g/mol. The van der Waals surface area contributed by atoms with E-state index < -0.39 is 10.0 Å². The predicted molar refractivity (Wildman–Crippen MR) is 77.1 cm³/mol. The van der Waals surface area contributed by atoms with Crippen molar-refractivity contribution < 1.29 is 8.42 Å². The lowest BCUT2D eigenvalue weighted by Crippen LogP contribution is -2.14. The number of halogens is 1. The lowest BCUT2D eigenvalue weighted by Gasteiger charge is -2.09. The van der Waals surface area contributed by atoms with E-state index in [0.29, 0.717) is 17.3 Å². The maximum Gasteiger partial charge on any atom is 0.262 e. The molecule has 0 aliphatic carbocycles. The van der Waals surface area contributed by atoms with Gasteiger partial charge in [0.05, 0.1) is 23.0 Å². The summed E-state index contributed by atoms with van der Waals surface area (Å²) in [6.07, 6.45) is 4.07. The summed E-state index contributed by atoms with van der Waals surface area (Å²) < 4.78 is 26.8. The van der Waals surface area contributed by atoms with E-state index in [1.54, 1.807) is 13.1 Å². The van der Waals surface area contributed by atoms with Gasteiger partial charge >= 0.3 is 0 Å². The maximum absolute atomic E-state index is 12.2. The third kappa shape index (κ3) is 3.44. The summed E-state index contributed by atoms with van der Waals surface area (Å²) >= 11 is 6.06. The van der Waals surface area contributed by atoms with Crippen LogP contribution in [0.4, 0.5) is 5.69 Å². The van der Waals surface area contributed by atoms with Gasteiger partial charge in [-0.2, -0.15) is 0 Å². The molecule has 0 amide bonds. The first-order valence-corrected chi connectivity index (χ1v) is 7.60. The number of nitrogens with zero attached hydrogens (tertiary/aromatic N) is 2. The Hall–Kier alpha value is -1.70. The normalized spacial score (nSPS) is 11.3. The standard InChI is InChI=1S/C12H13ClN4O2S/c1-14-5-9-2-3-11(4-12(9)13)20(18,19)17-10-6-15-8-16-7-10/h2-4,6-8,14,17H,5H2,1H3. The zero-order valence-electron chi connectivity index (χ0n) is 10.7. The molecule has 0 radical (unpaired) electrons. The number of hydrogen-bond acceptors (Lipinski definition) is 5. The lowest BCUT2D eigenvalue weighted by molar-refractivity contribution is 0.601. The SMILES string of the molecule is CNCc1ccc(S(=O)(=O)Nc2cncnc2)cc1Cl. The van der Waals surface area contributed by atoms with Gasteiger partial charge < -0.3 is 5.32 Å². The highest BCUT2D eigenvalue weighted by molar-refractivity contribution is 7.92. The van der Waals surface area contributed by atoms with Crippen LogP contribution >= 0.6 is 11.6 Å². The molecule has 6 nitrogen and oxygen atoms in total. The van der Waals surface area contributed by atoms with Gasteiger partial charge in [0.25, 0.3) is 10.0 Å². The molecular formula is C12H13ClN4O2S. The molecule has 2 N–H and O–H groups in total. The summed E-state index contributed by atoms with van der Waals surface area (Å²) in [7, 11) is -1.91. The van der Waals surface area contributed by atoms with E-state index in [2.05, 4.69) is 20.0 Å². The Morgan fingerprint density at radius 3 is 2.55 bits per heavy atom. The van der Waals surface area contributed by atoms with E-state index >= 15 is 0 Å². The summed E-state index contributed by atoms with van der Waals surface area (Å²) in [6.45, 7) is 0.569. The van der Waals surface area contributed by atoms with Gasteiger partial charge in [-0.1, -0.05) is 17.7 Å². The minimum absolute atomic E-state index is 0.0891. The summed E-state index contributed by atoms with van der Waals surface area (Å²) in [5, 5.41) is 3.35. The molecule has 0 fully saturated rings. The van der Waals surface area contributed by atoms with Crippen molar-refractivity contribution in [3.05, 3.63) is 47.5 Å². The number of nitrogens with one attached hydrogen (secondary N) is 2. The average Bonchev–Trinajstić information content (AvgIpc) is 2.42. The molecule has 106 valence electrons. The van der Waals surface area contributed by atoms with E-state index in [4.69, 9.17) is 11.6 Å². The first-order chi connectivity index (χ1) is 9.53. The molecule has 1 heterocycles. The Kier molecular flexibility index (Phi) is 4.53. The maximum atomic E-state index is 12.2. The molecular weight excluding hydrogens is 300 g/mol. The first-order valence-electron chi connectivity index (χ1n) is 5.74. The minimum atomic E-state index is -3.70. The highest BCUT2D eigenvalue weighted by Crippen LogP contribution is 2.22. The fourth-order valence-electron chi connectivity index (χ4n) is 1.59. The van der Waals surface area contributed by atoms with Crippen LogP contribution in [-0.4, -0.2) is 25.4 Å². The quantitative estimate of drug-likeness (QED) is 0.877. The van der Waals surface area contributed by atoms with Gasteiger partial charge in [0, 0.05) is 11.6 Å². The Labute approximate surface area is 122 Å². The van der Waals surface area contributed by atoms with E-state index in [0.717, 1.165) is 5.56 Å². The molecule has 1 aromatic carbocycles. The Balaban J connectivity index is 2.28. The van der Waals surface area contributed by atoms with Gasteiger partial charge in [0.1, 0.15) is 6.33 Å². The molecule has 0 saturated carbocycles. The first kappa shape index (κ1) is 14.7. The van der Waals surface area contributed by atoms with Crippen molar-refractivity contribution in [1.82, 2.24) is 15.3 Å². The van der Waals surface area contributed by atoms with Crippen LogP contribution in [-0.2, 0) is 16.6 Å². The van der Waals surface area contributed by atoms with Crippen LogP contribution in [0.2, 0.25) is 5.02 Å². The number of hydrogen-bond donors (Lipinski definition) is 2. The predicted octanol–water partition coefficient (Wildman–Crippen LogP) is 1.65. The summed E-state index contributed by atoms with van der Waals surface area (Å²) in [4.78, 5) is 7.58. The van der Waals surface area contributed by atoms with Crippen LogP contribution in [0, 0.1) is 0 Å². The largest absolute Gasteiger partial charge is 0.316 e. The van der Waals surface area contributed by atoms with Crippen molar-refractivity contribution in [3.8, 4) is 0 Å². The summed E-state index contributed by atoms with van der Waals surface area (Å²) in [5.74, 6) is 0. The second-order valence-corrected chi connectivity index (χ2v) is 6.11. The highest BCUT2D eigenvalue weighted by atomic mass is 35.5.